The molecule has 1 saturated heterocycles. The number of aromatic hydroxyl groups is 1. The SMILES string of the molecule is CCOC(=O)C1CC[NH+]([C@@H](c2ccc(F)cc2)c2sc3nc(C)nn3c2O)CC1. The average Bonchev–Trinajstić information content (AvgIpc) is 3.22. The molecule has 29 heavy (non-hydrogen) atoms. The Balaban J connectivity index is 1.66. The number of carbonyl (C=O) groups excluding carboxylic acids is 1. The summed E-state index contributed by atoms with van der Waals surface area (Å²) in [6.45, 7) is 5.48. The second kappa shape index (κ2) is 8.08. The van der Waals surface area contributed by atoms with E-state index in [0.29, 0.717) is 30.2 Å². The number of hydrogen-bond acceptors (Lipinski definition) is 6. The van der Waals surface area contributed by atoms with Crippen molar-refractivity contribution in [2.75, 3.05) is 19.7 Å². The zero-order valence-corrected chi connectivity index (χ0v) is 17.2. The molecule has 3 heterocycles. The average molecular weight is 420 g/mol. The van der Waals surface area contributed by atoms with Crippen LogP contribution in [0, 0.1) is 18.7 Å². The van der Waals surface area contributed by atoms with Crippen LogP contribution in [0.5, 0.6) is 5.88 Å². The van der Waals surface area contributed by atoms with Gasteiger partial charge in [-0.15, -0.1) is 5.10 Å². The molecule has 0 amide bonds. The normalized spacial score (nSPS) is 20.7. The van der Waals surface area contributed by atoms with Crippen LogP contribution in [-0.2, 0) is 9.53 Å². The van der Waals surface area contributed by atoms with E-state index in [1.807, 2.05) is 6.92 Å². The number of ether oxygens (including phenoxy) is 1. The molecule has 3 aromatic rings. The highest BCUT2D eigenvalue weighted by molar-refractivity contribution is 7.17. The zero-order chi connectivity index (χ0) is 20.5. The Bertz CT molecular complexity index is 1010. The van der Waals surface area contributed by atoms with Crippen LogP contribution in [0.2, 0.25) is 0 Å². The van der Waals surface area contributed by atoms with Gasteiger partial charge in [-0.25, -0.2) is 9.37 Å². The summed E-state index contributed by atoms with van der Waals surface area (Å²) in [5, 5.41) is 15.1. The van der Waals surface area contributed by atoms with E-state index in [2.05, 4.69) is 10.1 Å². The van der Waals surface area contributed by atoms with Crippen molar-refractivity contribution in [3.05, 3.63) is 46.3 Å². The van der Waals surface area contributed by atoms with Gasteiger partial charge in [0.2, 0.25) is 10.8 Å². The predicted molar refractivity (Wildman–Crippen MR) is 106 cm³/mol. The molecule has 0 radical (unpaired) electrons. The molecule has 4 rings (SSSR count). The van der Waals surface area contributed by atoms with Crippen molar-refractivity contribution in [2.24, 2.45) is 5.92 Å². The molecule has 1 fully saturated rings. The minimum atomic E-state index is -0.300. The number of benzene rings is 1. The Morgan fingerprint density at radius 3 is 2.69 bits per heavy atom. The first-order valence-corrected chi connectivity index (χ1v) is 10.6. The minimum Gasteiger partial charge on any atom is -0.492 e. The molecule has 0 bridgehead atoms. The van der Waals surface area contributed by atoms with E-state index in [0.717, 1.165) is 23.5 Å². The number of nitrogens with one attached hydrogen (secondary N) is 1. The third kappa shape index (κ3) is 3.84. The number of fused-ring (bicyclic) bond motifs is 1. The molecular weight excluding hydrogens is 395 g/mol. The maximum Gasteiger partial charge on any atom is 0.309 e. The van der Waals surface area contributed by atoms with Gasteiger partial charge >= 0.3 is 5.97 Å². The third-order valence-electron chi connectivity index (χ3n) is 5.43. The maximum absolute atomic E-state index is 13.5. The van der Waals surface area contributed by atoms with Crippen LogP contribution in [0.25, 0.3) is 4.96 Å². The Morgan fingerprint density at radius 1 is 1.38 bits per heavy atom. The summed E-state index contributed by atoms with van der Waals surface area (Å²) < 4.78 is 20.1. The second-order valence-electron chi connectivity index (χ2n) is 7.31. The number of hydrogen-bond donors (Lipinski definition) is 2. The van der Waals surface area contributed by atoms with Gasteiger partial charge in [0, 0.05) is 18.4 Å². The van der Waals surface area contributed by atoms with Gasteiger partial charge in [-0.3, -0.25) is 4.79 Å². The number of aryl methyl sites for hydroxylation is 1. The van der Waals surface area contributed by atoms with Crippen molar-refractivity contribution in [2.45, 2.75) is 32.7 Å². The Labute approximate surface area is 171 Å². The standard InChI is InChI=1S/C20H23FN4O3S/c1-3-28-19(27)14-8-10-24(11-9-14)16(13-4-6-15(21)7-5-13)17-18(26)25-20(29-17)22-12(2)23-25/h4-7,14,16,26H,3,8-11H2,1-2H3/p+1/t16-/m0/s1. The van der Waals surface area contributed by atoms with E-state index in [1.165, 1.54) is 32.9 Å². The minimum absolute atomic E-state index is 0.0694. The largest absolute Gasteiger partial charge is 0.492 e. The summed E-state index contributed by atoms with van der Waals surface area (Å²) in [5.74, 6) is 0.137. The van der Waals surface area contributed by atoms with E-state index in [4.69, 9.17) is 4.74 Å². The van der Waals surface area contributed by atoms with Crippen molar-refractivity contribution in [3.63, 3.8) is 0 Å². The van der Waals surface area contributed by atoms with Crippen molar-refractivity contribution in [1.82, 2.24) is 14.6 Å². The topological polar surface area (TPSA) is 81.2 Å². The van der Waals surface area contributed by atoms with E-state index < -0.39 is 0 Å². The summed E-state index contributed by atoms with van der Waals surface area (Å²) >= 11 is 1.39. The quantitative estimate of drug-likeness (QED) is 0.618. The number of aromatic nitrogens is 3. The molecule has 0 spiro atoms. The lowest BCUT2D eigenvalue weighted by Crippen LogP contribution is -3.13. The number of thiazole rings is 1. The lowest BCUT2D eigenvalue weighted by atomic mass is 9.93. The van der Waals surface area contributed by atoms with Crippen molar-refractivity contribution in [1.29, 1.82) is 0 Å². The van der Waals surface area contributed by atoms with Gasteiger partial charge < -0.3 is 14.7 Å². The Morgan fingerprint density at radius 2 is 2.07 bits per heavy atom. The van der Waals surface area contributed by atoms with Crippen LogP contribution in [0.3, 0.4) is 0 Å². The molecule has 2 aromatic heterocycles. The van der Waals surface area contributed by atoms with Crippen LogP contribution in [0.1, 0.15) is 42.1 Å². The first-order valence-electron chi connectivity index (χ1n) is 9.79. The molecule has 1 aliphatic heterocycles. The van der Waals surface area contributed by atoms with Crippen LogP contribution in [0.15, 0.2) is 24.3 Å². The highest BCUT2D eigenvalue weighted by atomic mass is 32.1. The molecule has 2 N–H and O–H groups in total. The van der Waals surface area contributed by atoms with E-state index in [9.17, 15) is 14.3 Å². The van der Waals surface area contributed by atoms with Gasteiger partial charge in [0.1, 0.15) is 16.5 Å². The molecule has 1 aromatic carbocycles. The second-order valence-corrected chi connectivity index (χ2v) is 8.32. The molecule has 0 saturated carbocycles. The molecule has 0 unspecified atom stereocenters. The van der Waals surface area contributed by atoms with Gasteiger partial charge in [0.25, 0.3) is 0 Å². The van der Waals surface area contributed by atoms with Crippen molar-refractivity contribution < 1.29 is 23.9 Å². The molecule has 1 atom stereocenters. The Hall–Kier alpha value is -2.52. The Kier molecular flexibility index (Phi) is 5.51. The lowest BCUT2D eigenvalue weighted by Gasteiger charge is -2.33. The number of rotatable bonds is 5. The molecule has 0 aliphatic carbocycles. The van der Waals surface area contributed by atoms with Crippen LogP contribution >= 0.6 is 11.3 Å². The van der Waals surface area contributed by atoms with Gasteiger partial charge in [-0.2, -0.15) is 4.52 Å². The van der Waals surface area contributed by atoms with E-state index in [1.54, 1.807) is 19.1 Å². The third-order valence-corrected chi connectivity index (χ3v) is 6.51. The zero-order valence-electron chi connectivity index (χ0n) is 16.4. The van der Waals surface area contributed by atoms with E-state index in [-0.39, 0.29) is 29.6 Å². The fourth-order valence-electron chi connectivity index (χ4n) is 4.04. The summed E-state index contributed by atoms with van der Waals surface area (Å²) in [7, 11) is 0. The summed E-state index contributed by atoms with van der Waals surface area (Å²) in [4.78, 5) is 19.0. The maximum atomic E-state index is 13.5. The van der Waals surface area contributed by atoms with Gasteiger partial charge in [-0.05, 0) is 38.1 Å². The lowest BCUT2D eigenvalue weighted by molar-refractivity contribution is -0.930. The van der Waals surface area contributed by atoms with Crippen molar-refractivity contribution >= 4 is 22.3 Å². The first kappa shape index (κ1) is 19.8. The number of halogens is 1. The molecule has 9 heteroatoms. The molecule has 154 valence electrons. The van der Waals surface area contributed by atoms with Gasteiger partial charge in [0.05, 0.1) is 25.6 Å². The number of carbonyl (C=O) groups is 1. The summed E-state index contributed by atoms with van der Waals surface area (Å²) in [5.41, 5.74) is 0.910. The van der Waals surface area contributed by atoms with Crippen molar-refractivity contribution in [3.8, 4) is 5.88 Å². The number of likely N-dealkylation sites (tertiary alicyclic amines) is 1. The fraction of sp³-hybridized carbons (Fsp3) is 0.450. The number of nitrogens with zero attached hydrogens (tertiary/aromatic N) is 3. The summed E-state index contributed by atoms with van der Waals surface area (Å²) in [6.07, 6.45) is 1.43. The highest BCUT2D eigenvalue weighted by Crippen LogP contribution is 2.35. The predicted octanol–water partition coefficient (Wildman–Crippen LogP) is 1.89. The molecule has 7 nitrogen and oxygen atoms in total. The highest BCUT2D eigenvalue weighted by Gasteiger charge is 2.37. The number of quaternary nitrogens is 1. The van der Waals surface area contributed by atoms with Crippen LogP contribution < -0.4 is 4.90 Å². The monoisotopic (exact) mass is 419 g/mol. The summed E-state index contributed by atoms with van der Waals surface area (Å²) in [6, 6.07) is 6.19. The number of esters is 1. The number of piperidine rings is 1. The first-order chi connectivity index (χ1) is 14.0. The van der Waals surface area contributed by atoms with E-state index >= 15 is 0 Å². The van der Waals surface area contributed by atoms with Crippen LogP contribution in [-0.4, -0.2) is 45.4 Å². The smallest absolute Gasteiger partial charge is 0.309 e. The fourth-order valence-corrected chi connectivity index (χ4v) is 5.22. The molecule has 1 aliphatic rings. The van der Waals surface area contributed by atoms with Crippen LogP contribution in [0.4, 0.5) is 4.39 Å². The molecular formula is C20H24FN4O3S+. The van der Waals surface area contributed by atoms with Gasteiger partial charge in [-0.1, -0.05) is 11.3 Å². The van der Waals surface area contributed by atoms with Gasteiger partial charge in [0.15, 0.2) is 6.04 Å².